The zero-order valence-corrected chi connectivity index (χ0v) is 12.9. The van der Waals surface area contributed by atoms with Crippen molar-refractivity contribution >= 4 is 11.6 Å². The van der Waals surface area contributed by atoms with Crippen LogP contribution in [0.25, 0.3) is 5.69 Å². The van der Waals surface area contributed by atoms with E-state index in [4.69, 9.17) is 11.6 Å². The molecule has 0 radical (unpaired) electrons. The van der Waals surface area contributed by atoms with Crippen molar-refractivity contribution in [1.29, 1.82) is 0 Å². The highest BCUT2D eigenvalue weighted by atomic mass is 35.5. The second kappa shape index (κ2) is 5.54. The molecule has 0 spiro atoms. The molecule has 2 rings (SSSR count). The molecule has 1 aromatic heterocycles. The Bertz CT molecular complexity index is 614. The lowest BCUT2D eigenvalue weighted by Crippen LogP contribution is -2.35. The molecule has 0 atom stereocenters. The fraction of sp³-hybridized carbons (Fsp3) is 0.400. The first-order valence-corrected chi connectivity index (χ1v) is 6.90. The van der Waals surface area contributed by atoms with E-state index in [0.29, 0.717) is 5.69 Å². The quantitative estimate of drug-likeness (QED) is 0.932. The molecule has 0 unspecified atom stereocenters. The molecule has 0 bridgehead atoms. The van der Waals surface area contributed by atoms with E-state index in [2.05, 4.69) is 31.2 Å². The molecule has 1 aromatic carbocycles. The lowest BCUT2D eigenvalue weighted by molar-refractivity contribution is 0.424. The van der Waals surface area contributed by atoms with Gasteiger partial charge >= 0.3 is 0 Å². The molecule has 20 heavy (non-hydrogen) atoms. The first kappa shape index (κ1) is 15.0. The van der Waals surface area contributed by atoms with E-state index >= 15 is 0 Å². The second-order valence-corrected chi connectivity index (χ2v) is 6.28. The molecule has 0 fully saturated rings. The largest absolute Gasteiger partial charge is 0.308 e. The summed E-state index contributed by atoms with van der Waals surface area (Å²) >= 11 is 5.70. The Balaban J connectivity index is 2.26. The third-order valence-corrected chi connectivity index (χ3v) is 3.37. The fourth-order valence-electron chi connectivity index (χ4n) is 1.85. The summed E-state index contributed by atoms with van der Waals surface area (Å²) in [4.78, 5) is 0. The van der Waals surface area contributed by atoms with E-state index in [1.165, 1.54) is 6.07 Å². The van der Waals surface area contributed by atoms with Crippen molar-refractivity contribution in [2.75, 3.05) is 0 Å². The second-order valence-electron chi connectivity index (χ2n) is 5.87. The van der Waals surface area contributed by atoms with Gasteiger partial charge in [0.25, 0.3) is 0 Å². The minimum absolute atomic E-state index is 0.0426. The van der Waals surface area contributed by atoms with Gasteiger partial charge < -0.3 is 5.32 Å². The summed E-state index contributed by atoms with van der Waals surface area (Å²) in [5.41, 5.74) is 2.80. The van der Waals surface area contributed by atoms with Crippen LogP contribution >= 0.6 is 11.6 Å². The van der Waals surface area contributed by atoms with Crippen molar-refractivity contribution in [1.82, 2.24) is 15.1 Å². The minimum atomic E-state index is -0.437. The maximum Gasteiger partial charge on any atom is 0.143 e. The van der Waals surface area contributed by atoms with Crippen LogP contribution in [0.4, 0.5) is 4.39 Å². The number of rotatable bonds is 3. The van der Waals surface area contributed by atoms with E-state index < -0.39 is 5.82 Å². The van der Waals surface area contributed by atoms with Crippen LogP contribution in [0.5, 0.6) is 0 Å². The van der Waals surface area contributed by atoms with Gasteiger partial charge in [0.1, 0.15) is 5.82 Å². The highest BCUT2D eigenvalue weighted by Crippen LogP contribution is 2.20. The number of hydrogen-bond acceptors (Lipinski definition) is 2. The molecule has 0 saturated heterocycles. The van der Waals surface area contributed by atoms with Crippen molar-refractivity contribution in [2.24, 2.45) is 0 Å². The zero-order chi connectivity index (χ0) is 14.9. The Kier molecular flexibility index (Phi) is 4.16. The van der Waals surface area contributed by atoms with Gasteiger partial charge in [-0.15, -0.1) is 0 Å². The maximum atomic E-state index is 13.5. The number of aromatic nitrogens is 2. The Morgan fingerprint density at radius 3 is 2.65 bits per heavy atom. The Hall–Kier alpha value is -1.39. The van der Waals surface area contributed by atoms with Gasteiger partial charge in [-0.3, -0.25) is 0 Å². The molecule has 0 aliphatic carbocycles. The van der Waals surface area contributed by atoms with Crippen LogP contribution in [0.3, 0.4) is 0 Å². The molecule has 3 nitrogen and oxygen atoms in total. The standard InChI is InChI=1S/C15H19ClFN3/c1-10-11(8-18-15(2,3)4)9-19-20(10)12-5-6-13(16)14(17)7-12/h5-7,9,18H,8H2,1-4H3. The predicted octanol–water partition coefficient (Wildman–Crippen LogP) is 3.86. The Morgan fingerprint density at radius 2 is 2.05 bits per heavy atom. The van der Waals surface area contributed by atoms with Crippen LogP contribution in [-0.2, 0) is 6.54 Å². The van der Waals surface area contributed by atoms with E-state index in [1.807, 2.05) is 6.92 Å². The van der Waals surface area contributed by atoms with Crippen molar-refractivity contribution in [2.45, 2.75) is 39.8 Å². The zero-order valence-electron chi connectivity index (χ0n) is 12.2. The third kappa shape index (κ3) is 3.38. The smallest absolute Gasteiger partial charge is 0.143 e. The molecular formula is C15H19ClFN3. The van der Waals surface area contributed by atoms with Gasteiger partial charge in [-0.25, -0.2) is 9.07 Å². The van der Waals surface area contributed by atoms with Crippen LogP contribution in [0, 0.1) is 12.7 Å². The van der Waals surface area contributed by atoms with E-state index in [-0.39, 0.29) is 10.6 Å². The first-order valence-electron chi connectivity index (χ1n) is 6.52. The summed E-state index contributed by atoms with van der Waals surface area (Å²) in [6.45, 7) is 9.04. The van der Waals surface area contributed by atoms with E-state index in [1.54, 1.807) is 23.0 Å². The van der Waals surface area contributed by atoms with Gasteiger partial charge in [0.05, 0.1) is 16.9 Å². The van der Waals surface area contributed by atoms with Crippen LogP contribution in [0.15, 0.2) is 24.4 Å². The van der Waals surface area contributed by atoms with Crippen LogP contribution < -0.4 is 5.32 Å². The maximum absolute atomic E-state index is 13.5. The van der Waals surface area contributed by atoms with E-state index in [9.17, 15) is 4.39 Å². The van der Waals surface area contributed by atoms with Gasteiger partial charge in [0.2, 0.25) is 0 Å². The Morgan fingerprint density at radius 1 is 1.35 bits per heavy atom. The first-order chi connectivity index (χ1) is 9.28. The molecule has 0 saturated carbocycles. The summed E-state index contributed by atoms with van der Waals surface area (Å²) < 4.78 is 15.2. The third-order valence-electron chi connectivity index (χ3n) is 3.07. The average molecular weight is 296 g/mol. The molecule has 0 aliphatic heterocycles. The summed E-state index contributed by atoms with van der Waals surface area (Å²) in [5, 5.41) is 7.86. The summed E-state index contributed by atoms with van der Waals surface area (Å²) in [5.74, 6) is -0.437. The lowest BCUT2D eigenvalue weighted by Gasteiger charge is -2.20. The molecule has 1 heterocycles. The van der Waals surface area contributed by atoms with Gasteiger partial charge in [0.15, 0.2) is 0 Å². The minimum Gasteiger partial charge on any atom is -0.308 e. The summed E-state index contributed by atoms with van der Waals surface area (Å²) in [7, 11) is 0. The SMILES string of the molecule is Cc1c(CNC(C)(C)C)cnn1-c1ccc(Cl)c(F)c1. The van der Waals surface area contributed by atoms with Crippen molar-refractivity contribution in [3.05, 3.63) is 46.5 Å². The topological polar surface area (TPSA) is 29.9 Å². The lowest BCUT2D eigenvalue weighted by atomic mass is 10.1. The summed E-state index contributed by atoms with van der Waals surface area (Å²) in [6, 6.07) is 4.69. The van der Waals surface area contributed by atoms with Crippen LogP contribution in [0.2, 0.25) is 5.02 Å². The number of halogens is 2. The highest BCUT2D eigenvalue weighted by Gasteiger charge is 2.13. The molecule has 0 aliphatic rings. The van der Waals surface area contributed by atoms with Crippen molar-refractivity contribution < 1.29 is 4.39 Å². The van der Waals surface area contributed by atoms with Crippen molar-refractivity contribution in [3.63, 3.8) is 0 Å². The van der Waals surface area contributed by atoms with Crippen molar-refractivity contribution in [3.8, 4) is 5.69 Å². The molecule has 0 amide bonds. The van der Waals surface area contributed by atoms with Crippen LogP contribution in [-0.4, -0.2) is 15.3 Å². The molecular weight excluding hydrogens is 277 g/mol. The monoisotopic (exact) mass is 295 g/mol. The number of nitrogens with zero attached hydrogens (tertiary/aromatic N) is 2. The molecule has 108 valence electrons. The number of benzene rings is 1. The van der Waals surface area contributed by atoms with Gasteiger partial charge in [-0.05, 0) is 39.8 Å². The normalized spacial score (nSPS) is 11.9. The number of nitrogens with one attached hydrogen (secondary N) is 1. The molecule has 5 heteroatoms. The van der Waals surface area contributed by atoms with Crippen LogP contribution in [0.1, 0.15) is 32.0 Å². The molecule has 1 N–H and O–H groups in total. The fourth-order valence-corrected chi connectivity index (χ4v) is 1.97. The highest BCUT2D eigenvalue weighted by molar-refractivity contribution is 6.30. The Labute approximate surface area is 123 Å². The van der Waals surface area contributed by atoms with Gasteiger partial charge in [-0.1, -0.05) is 11.6 Å². The summed E-state index contributed by atoms with van der Waals surface area (Å²) in [6.07, 6.45) is 1.81. The van der Waals surface area contributed by atoms with Gasteiger partial charge in [0, 0.05) is 29.4 Å². The van der Waals surface area contributed by atoms with Gasteiger partial charge in [-0.2, -0.15) is 5.10 Å². The molecule has 2 aromatic rings. The van der Waals surface area contributed by atoms with E-state index in [0.717, 1.165) is 17.8 Å². The average Bonchev–Trinajstić information content (AvgIpc) is 2.71. The number of hydrogen-bond donors (Lipinski definition) is 1. The predicted molar refractivity (Wildman–Crippen MR) is 79.9 cm³/mol.